The molecule has 1 aliphatic rings. The molecule has 4 rings (SSSR count). The molecule has 1 aromatic heterocycles. The van der Waals surface area contributed by atoms with E-state index in [0.717, 1.165) is 0 Å². The molecule has 0 aliphatic carbocycles. The van der Waals surface area contributed by atoms with Gasteiger partial charge in [-0.25, -0.2) is 9.37 Å². The van der Waals surface area contributed by atoms with Crippen molar-refractivity contribution in [2.24, 2.45) is 0 Å². The number of anilines is 1. The molecule has 1 amide bonds. The van der Waals surface area contributed by atoms with Crippen LogP contribution in [0.3, 0.4) is 0 Å². The van der Waals surface area contributed by atoms with Crippen LogP contribution in [0.1, 0.15) is 6.42 Å². The lowest BCUT2D eigenvalue weighted by Crippen LogP contribution is -2.35. The number of oxazole rings is 1. The van der Waals surface area contributed by atoms with Crippen molar-refractivity contribution in [2.45, 2.75) is 18.6 Å². The van der Waals surface area contributed by atoms with Gasteiger partial charge in [-0.1, -0.05) is 0 Å². The van der Waals surface area contributed by atoms with Gasteiger partial charge in [0.15, 0.2) is 5.58 Å². The lowest BCUT2D eigenvalue weighted by molar-refractivity contribution is -0.118. The summed E-state index contributed by atoms with van der Waals surface area (Å²) in [5.74, 6) is -0.0165. The molecule has 2 heterocycles. The third-order valence-corrected chi connectivity index (χ3v) is 4.49. The quantitative estimate of drug-likeness (QED) is 0.752. The maximum absolute atomic E-state index is 13.1. The zero-order valence-electron chi connectivity index (χ0n) is 14.2. The summed E-state index contributed by atoms with van der Waals surface area (Å²) in [5.41, 5.74) is 2.54. The van der Waals surface area contributed by atoms with Gasteiger partial charge in [-0.2, -0.15) is 0 Å². The van der Waals surface area contributed by atoms with Crippen molar-refractivity contribution in [1.29, 1.82) is 0 Å². The first kappa shape index (κ1) is 16.7. The molecular weight excluding hydrogens is 337 g/mol. The number of carbonyl (C=O) groups excluding carboxylic acids is 1. The van der Waals surface area contributed by atoms with Crippen LogP contribution >= 0.6 is 0 Å². The van der Waals surface area contributed by atoms with Gasteiger partial charge < -0.3 is 19.8 Å². The number of halogens is 1. The van der Waals surface area contributed by atoms with Crippen LogP contribution in [-0.4, -0.2) is 36.7 Å². The molecule has 1 saturated heterocycles. The van der Waals surface area contributed by atoms with Crippen molar-refractivity contribution in [3.63, 3.8) is 0 Å². The van der Waals surface area contributed by atoms with E-state index in [-0.39, 0.29) is 23.9 Å². The Morgan fingerprint density at radius 3 is 2.85 bits per heavy atom. The van der Waals surface area contributed by atoms with Crippen molar-refractivity contribution in [1.82, 2.24) is 10.3 Å². The average molecular weight is 355 g/mol. The lowest BCUT2D eigenvalue weighted by atomic mass is 10.2. The van der Waals surface area contributed by atoms with Crippen molar-refractivity contribution in [3.05, 3.63) is 48.3 Å². The number of amides is 1. The highest BCUT2D eigenvalue weighted by atomic mass is 19.1. The van der Waals surface area contributed by atoms with Crippen LogP contribution < -0.4 is 10.6 Å². The van der Waals surface area contributed by atoms with Crippen LogP contribution in [0.15, 0.2) is 46.9 Å². The summed E-state index contributed by atoms with van der Waals surface area (Å²) in [5, 5.41) is 6.02. The Balaban J connectivity index is 1.52. The third kappa shape index (κ3) is 3.31. The molecular formula is C19H18FN3O3. The van der Waals surface area contributed by atoms with E-state index >= 15 is 0 Å². The molecule has 0 saturated carbocycles. The van der Waals surface area contributed by atoms with Gasteiger partial charge in [0.05, 0.1) is 12.1 Å². The molecule has 1 aliphatic heterocycles. The summed E-state index contributed by atoms with van der Waals surface area (Å²) >= 11 is 0. The summed E-state index contributed by atoms with van der Waals surface area (Å²) in [6.45, 7) is 0.663. The van der Waals surface area contributed by atoms with Crippen molar-refractivity contribution < 1.29 is 18.3 Å². The minimum Gasteiger partial charge on any atom is -0.436 e. The Kier molecular flexibility index (Phi) is 4.40. The highest BCUT2D eigenvalue weighted by Gasteiger charge is 2.29. The van der Waals surface area contributed by atoms with Gasteiger partial charge in [0.2, 0.25) is 11.8 Å². The summed E-state index contributed by atoms with van der Waals surface area (Å²) in [6.07, 6.45) is 0.697. The molecule has 7 heteroatoms. The predicted molar refractivity (Wildman–Crippen MR) is 95.2 cm³/mol. The minimum atomic E-state index is -0.314. The number of fused-ring (bicyclic) bond motifs is 1. The van der Waals surface area contributed by atoms with Gasteiger partial charge in [-0.15, -0.1) is 0 Å². The number of carbonyl (C=O) groups is 1. The van der Waals surface area contributed by atoms with E-state index in [1.807, 2.05) is 0 Å². The van der Waals surface area contributed by atoms with Gasteiger partial charge in [-0.3, -0.25) is 4.79 Å². The molecule has 1 fully saturated rings. The predicted octanol–water partition coefficient (Wildman–Crippen LogP) is 2.95. The molecule has 0 unspecified atom stereocenters. The number of ether oxygens (including phenoxy) is 1. The smallest absolute Gasteiger partial charge is 0.241 e. The first-order valence-electron chi connectivity index (χ1n) is 8.36. The molecule has 2 N–H and O–H groups in total. The van der Waals surface area contributed by atoms with Gasteiger partial charge >= 0.3 is 0 Å². The van der Waals surface area contributed by atoms with Crippen LogP contribution in [-0.2, 0) is 9.53 Å². The summed E-state index contributed by atoms with van der Waals surface area (Å²) in [7, 11) is 1.64. The Morgan fingerprint density at radius 2 is 2.12 bits per heavy atom. The topological polar surface area (TPSA) is 76.4 Å². The van der Waals surface area contributed by atoms with E-state index in [2.05, 4.69) is 15.6 Å². The number of hydrogen-bond acceptors (Lipinski definition) is 5. The molecule has 0 bridgehead atoms. The van der Waals surface area contributed by atoms with E-state index in [1.165, 1.54) is 12.1 Å². The highest BCUT2D eigenvalue weighted by molar-refractivity contribution is 5.96. The molecule has 2 aromatic carbocycles. The molecule has 26 heavy (non-hydrogen) atoms. The normalized spacial score (nSPS) is 19.8. The largest absolute Gasteiger partial charge is 0.436 e. The zero-order chi connectivity index (χ0) is 18.1. The third-order valence-electron chi connectivity index (χ3n) is 4.49. The molecule has 0 spiro atoms. The Bertz CT molecular complexity index is 939. The number of nitrogens with one attached hydrogen (secondary N) is 2. The zero-order valence-corrected chi connectivity index (χ0v) is 14.2. The maximum atomic E-state index is 13.1. The highest BCUT2D eigenvalue weighted by Crippen LogP contribution is 2.26. The second-order valence-electron chi connectivity index (χ2n) is 6.25. The molecule has 134 valence electrons. The van der Waals surface area contributed by atoms with E-state index in [4.69, 9.17) is 9.15 Å². The van der Waals surface area contributed by atoms with Crippen LogP contribution in [0.25, 0.3) is 22.6 Å². The Morgan fingerprint density at radius 1 is 1.31 bits per heavy atom. The van der Waals surface area contributed by atoms with Crippen molar-refractivity contribution in [2.75, 3.05) is 19.0 Å². The fraction of sp³-hybridized carbons (Fsp3) is 0.263. The SMILES string of the molecule is CO[C@@H]1CN[C@@H](C(=O)Nc2ccc3nc(-c4ccc(F)cc4)oc3c2)C1. The van der Waals surface area contributed by atoms with Gasteiger partial charge in [0, 0.05) is 31.0 Å². The molecule has 3 aromatic rings. The second kappa shape index (κ2) is 6.86. The van der Waals surface area contributed by atoms with Gasteiger partial charge in [0.1, 0.15) is 11.3 Å². The van der Waals surface area contributed by atoms with Crippen LogP contribution in [0.2, 0.25) is 0 Å². The van der Waals surface area contributed by atoms with Crippen molar-refractivity contribution >= 4 is 22.7 Å². The first-order valence-corrected chi connectivity index (χ1v) is 8.36. The van der Waals surface area contributed by atoms with Crippen LogP contribution in [0.4, 0.5) is 10.1 Å². The monoisotopic (exact) mass is 355 g/mol. The second-order valence-corrected chi connectivity index (χ2v) is 6.25. The first-order chi connectivity index (χ1) is 12.6. The molecule has 2 atom stereocenters. The van der Waals surface area contributed by atoms with Crippen LogP contribution in [0.5, 0.6) is 0 Å². The number of rotatable bonds is 4. The fourth-order valence-corrected chi connectivity index (χ4v) is 3.03. The number of nitrogens with zero attached hydrogens (tertiary/aromatic N) is 1. The lowest BCUT2D eigenvalue weighted by Gasteiger charge is -2.11. The summed E-state index contributed by atoms with van der Waals surface area (Å²) < 4.78 is 24.1. The summed E-state index contributed by atoms with van der Waals surface area (Å²) in [6, 6.07) is 11.0. The Labute approximate surface area is 149 Å². The van der Waals surface area contributed by atoms with Crippen molar-refractivity contribution in [3.8, 4) is 11.5 Å². The minimum absolute atomic E-state index is 0.0563. The van der Waals surface area contributed by atoms with Crippen LogP contribution in [0, 0.1) is 5.82 Å². The Hall–Kier alpha value is -2.77. The van der Waals surface area contributed by atoms with Gasteiger partial charge in [-0.05, 0) is 42.8 Å². The number of aromatic nitrogens is 1. The summed E-state index contributed by atoms with van der Waals surface area (Å²) in [4.78, 5) is 16.8. The molecule has 0 radical (unpaired) electrons. The number of hydrogen-bond donors (Lipinski definition) is 2. The maximum Gasteiger partial charge on any atom is 0.241 e. The molecule has 6 nitrogen and oxygen atoms in total. The number of methoxy groups -OCH3 is 1. The fourth-order valence-electron chi connectivity index (χ4n) is 3.03. The van der Waals surface area contributed by atoms with E-state index in [1.54, 1.807) is 37.4 Å². The standard InChI is InChI=1S/C19H18FN3O3/c1-25-14-9-16(21-10-14)18(24)22-13-6-7-15-17(8-13)26-19(23-15)11-2-4-12(20)5-3-11/h2-8,14,16,21H,9-10H2,1H3,(H,22,24)/t14-,16+/m0/s1. The van der Waals surface area contributed by atoms with E-state index in [0.29, 0.717) is 41.2 Å². The van der Waals surface area contributed by atoms with Gasteiger partial charge in [0.25, 0.3) is 0 Å². The van der Waals surface area contributed by atoms with E-state index < -0.39 is 0 Å². The average Bonchev–Trinajstić information content (AvgIpc) is 3.29. The van der Waals surface area contributed by atoms with E-state index in [9.17, 15) is 9.18 Å². The number of benzene rings is 2.